The molecule has 196 valence electrons. The zero-order valence-corrected chi connectivity index (χ0v) is 23.6. The lowest BCUT2D eigenvalue weighted by atomic mass is 10.2. The van der Waals surface area contributed by atoms with Crippen LogP contribution < -0.4 is 15.9 Å². The molecule has 0 spiro atoms. The van der Waals surface area contributed by atoms with E-state index in [1.54, 1.807) is 12.1 Å². The van der Waals surface area contributed by atoms with Gasteiger partial charge < -0.3 is 4.55 Å². The first-order valence-corrected chi connectivity index (χ1v) is 16.0. The van der Waals surface area contributed by atoms with Crippen LogP contribution in [0.15, 0.2) is 151 Å². The Morgan fingerprint density at radius 1 is 0.667 bits per heavy atom. The van der Waals surface area contributed by atoms with Crippen LogP contribution in [-0.4, -0.2) is 13.0 Å². The summed E-state index contributed by atoms with van der Waals surface area (Å²) >= 11 is 0. The molecule has 0 bridgehead atoms. The van der Waals surface area contributed by atoms with Crippen molar-refractivity contribution in [1.82, 2.24) is 0 Å². The summed E-state index contributed by atoms with van der Waals surface area (Å²) in [5, 5.41) is 4.20. The average molecular weight is 551 g/mol. The van der Waals surface area contributed by atoms with Crippen LogP contribution in [0.1, 0.15) is 16.7 Å². The van der Waals surface area contributed by atoms with Crippen LogP contribution in [-0.2, 0) is 16.3 Å². The lowest BCUT2D eigenvalue weighted by molar-refractivity contribution is 0.463. The van der Waals surface area contributed by atoms with E-state index in [-0.39, 0.29) is 4.90 Å². The van der Waals surface area contributed by atoms with Gasteiger partial charge in [0, 0.05) is 5.56 Å². The molecule has 39 heavy (non-hydrogen) atoms. The van der Waals surface area contributed by atoms with Crippen molar-refractivity contribution in [1.29, 1.82) is 0 Å². The highest BCUT2D eigenvalue weighted by molar-refractivity contribution is 7.95. The third-order valence-electron chi connectivity index (χ3n) is 6.53. The van der Waals surface area contributed by atoms with Gasteiger partial charge in [-0.15, -0.1) is 0 Å². The molecule has 5 heteroatoms. The molecule has 0 saturated carbocycles. The van der Waals surface area contributed by atoms with Gasteiger partial charge in [-0.25, -0.2) is 8.42 Å². The Labute approximate surface area is 232 Å². The van der Waals surface area contributed by atoms with Gasteiger partial charge in [-0.1, -0.05) is 115 Å². The monoisotopic (exact) mass is 550 g/mol. The summed E-state index contributed by atoms with van der Waals surface area (Å²) < 4.78 is 31.2. The maximum Gasteiger partial charge on any atom is 0.124 e. The minimum Gasteiger partial charge on any atom is -0.744 e. The van der Waals surface area contributed by atoms with E-state index in [1.165, 1.54) is 39.2 Å². The maximum atomic E-state index is 10.4. The van der Waals surface area contributed by atoms with Crippen molar-refractivity contribution in [2.45, 2.75) is 18.0 Å². The van der Waals surface area contributed by atoms with Gasteiger partial charge >= 0.3 is 0 Å². The minimum absolute atomic E-state index is 0.178. The molecule has 0 fully saturated rings. The Balaban J connectivity index is 0.000000270. The smallest absolute Gasteiger partial charge is 0.124 e. The molecule has 0 radical (unpaired) electrons. The van der Waals surface area contributed by atoms with Gasteiger partial charge in [0.15, 0.2) is 0 Å². The molecular weight excluding hydrogens is 519 g/mol. The Morgan fingerprint density at radius 2 is 1.13 bits per heavy atom. The Kier molecular flexibility index (Phi) is 9.27. The molecule has 0 aliphatic heterocycles. The highest BCUT2D eigenvalue weighted by Crippen LogP contribution is 2.58. The predicted octanol–water partition coefficient (Wildman–Crippen LogP) is 6.72. The first-order valence-electron chi connectivity index (χ1n) is 12.6. The second-order valence-corrected chi connectivity index (χ2v) is 14.0. The van der Waals surface area contributed by atoms with E-state index in [2.05, 4.69) is 122 Å². The summed E-state index contributed by atoms with van der Waals surface area (Å²) in [5.74, 6) is 0. The van der Waals surface area contributed by atoms with E-state index in [4.69, 9.17) is 0 Å². The Hall–Kier alpha value is -3.82. The lowest BCUT2D eigenvalue weighted by Crippen LogP contribution is -2.33. The molecule has 0 saturated heterocycles. The quantitative estimate of drug-likeness (QED) is 0.167. The lowest BCUT2D eigenvalue weighted by Gasteiger charge is -2.29. The van der Waals surface area contributed by atoms with Gasteiger partial charge in [0.1, 0.15) is 33.3 Å². The highest BCUT2D eigenvalue weighted by Gasteiger charge is 2.46. The van der Waals surface area contributed by atoms with Crippen LogP contribution >= 0.6 is 7.26 Å². The molecule has 5 rings (SSSR count). The Bertz CT molecular complexity index is 1560. The fourth-order valence-electron chi connectivity index (χ4n) is 4.63. The fourth-order valence-corrected chi connectivity index (χ4v) is 9.56. The molecule has 3 nitrogen and oxygen atoms in total. The van der Waals surface area contributed by atoms with Crippen LogP contribution in [0.3, 0.4) is 0 Å². The number of benzene rings is 5. The van der Waals surface area contributed by atoms with Crippen molar-refractivity contribution in [3.63, 3.8) is 0 Å². The molecule has 0 amide bonds. The maximum absolute atomic E-state index is 10.4. The van der Waals surface area contributed by atoms with E-state index < -0.39 is 17.4 Å². The fraction of sp³-hybridized carbons (Fsp3) is 0.0588. The Morgan fingerprint density at radius 3 is 1.62 bits per heavy atom. The van der Waals surface area contributed by atoms with E-state index >= 15 is 0 Å². The summed E-state index contributed by atoms with van der Waals surface area (Å²) in [7, 11) is -6.17. The molecule has 0 aliphatic rings. The van der Waals surface area contributed by atoms with Crippen LogP contribution in [0.2, 0.25) is 0 Å². The van der Waals surface area contributed by atoms with Crippen molar-refractivity contribution in [2.24, 2.45) is 0 Å². The largest absolute Gasteiger partial charge is 0.744 e. The third-order valence-corrected chi connectivity index (χ3v) is 11.8. The zero-order chi connectivity index (χ0) is 27.7. The molecule has 0 unspecified atom stereocenters. The average Bonchev–Trinajstić information content (AvgIpc) is 2.97. The van der Waals surface area contributed by atoms with Gasteiger partial charge in [-0.2, -0.15) is 0 Å². The summed E-state index contributed by atoms with van der Waals surface area (Å²) in [5.41, 5.74) is 3.51. The molecule has 0 aromatic heterocycles. The van der Waals surface area contributed by atoms with E-state index in [0.29, 0.717) is 0 Å². The first kappa shape index (κ1) is 28.2. The summed E-state index contributed by atoms with van der Waals surface area (Å²) in [6.07, 6.45) is 2.99. The topological polar surface area (TPSA) is 57.2 Å². The van der Waals surface area contributed by atoms with Crippen LogP contribution in [0.4, 0.5) is 0 Å². The number of rotatable bonds is 7. The first-order chi connectivity index (χ1) is 18.8. The van der Waals surface area contributed by atoms with Crippen LogP contribution in [0, 0.1) is 6.92 Å². The minimum atomic E-state index is -4.27. The molecular formula is C34H31O3PS. The van der Waals surface area contributed by atoms with Crippen molar-refractivity contribution in [3.8, 4) is 0 Å². The standard InChI is InChI=1S/C27H24P.C7H8O3S/c1-2-24-16-12-13-21-27(24)28(25-17-8-4-9-18-25,26-19-10-5-11-20-26)22-23-14-6-3-7-15-23;1-6-2-4-7(5-3-6)11(8,9)10/h2-21H,1,22H2;2-5H,1H3,(H,8,9,10)/q+1;/p-1. The molecule has 0 N–H and O–H groups in total. The molecule has 0 heterocycles. The molecule has 5 aromatic rings. The van der Waals surface area contributed by atoms with Crippen molar-refractivity contribution < 1.29 is 13.0 Å². The van der Waals surface area contributed by atoms with Gasteiger partial charge in [0.05, 0.1) is 11.1 Å². The third kappa shape index (κ3) is 6.79. The van der Waals surface area contributed by atoms with Gasteiger partial charge in [0.25, 0.3) is 0 Å². The van der Waals surface area contributed by atoms with Crippen molar-refractivity contribution >= 4 is 39.4 Å². The molecule has 0 atom stereocenters. The van der Waals surface area contributed by atoms with Crippen molar-refractivity contribution in [2.75, 3.05) is 0 Å². The summed E-state index contributed by atoms with van der Waals surface area (Å²) in [6, 6.07) is 47.4. The molecule has 5 aromatic carbocycles. The second-order valence-electron chi connectivity index (χ2n) is 9.15. The number of hydrogen-bond donors (Lipinski definition) is 0. The number of hydrogen-bond acceptors (Lipinski definition) is 3. The second kappa shape index (κ2) is 12.8. The van der Waals surface area contributed by atoms with Crippen molar-refractivity contribution in [3.05, 3.63) is 163 Å². The van der Waals surface area contributed by atoms with E-state index in [1.807, 2.05) is 13.0 Å². The molecule has 0 aliphatic carbocycles. The zero-order valence-electron chi connectivity index (χ0n) is 21.9. The van der Waals surface area contributed by atoms with Gasteiger partial charge in [0.2, 0.25) is 0 Å². The summed E-state index contributed by atoms with van der Waals surface area (Å²) in [6.45, 7) is 5.94. The van der Waals surface area contributed by atoms with Crippen LogP contribution in [0.25, 0.3) is 6.08 Å². The summed E-state index contributed by atoms with van der Waals surface area (Å²) in [4.78, 5) is -0.178. The van der Waals surface area contributed by atoms with Gasteiger partial charge in [-0.3, -0.25) is 0 Å². The van der Waals surface area contributed by atoms with E-state index in [9.17, 15) is 13.0 Å². The highest BCUT2D eigenvalue weighted by atomic mass is 32.2. The predicted molar refractivity (Wildman–Crippen MR) is 165 cm³/mol. The SMILES string of the molecule is C=Cc1ccccc1[P+](Cc1ccccc1)(c1ccccc1)c1ccccc1.Cc1ccc(S(=O)(=O)[O-])cc1. The number of aryl methyl sites for hydroxylation is 1. The van der Waals surface area contributed by atoms with Gasteiger partial charge in [-0.05, 0) is 55.0 Å². The van der Waals surface area contributed by atoms with E-state index in [0.717, 1.165) is 11.7 Å². The van der Waals surface area contributed by atoms with Crippen LogP contribution in [0.5, 0.6) is 0 Å². The normalized spacial score (nSPS) is 11.2.